The number of aryl methyl sites for hydroxylation is 2. The molecular formula is C20H24N4O2. The van der Waals surface area contributed by atoms with Crippen molar-refractivity contribution in [3.05, 3.63) is 52.5 Å². The molecule has 1 aliphatic rings. The second-order valence-electron chi connectivity index (χ2n) is 7.13. The van der Waals surface area contributed by atoms with Crippen LogP contribution in [0.4, 0.5) is 4.79 Å². The minimum atomic E-state index is -0.108. The van der Waals surface area contributed by atoms with E-state index in [9.17, 15) is 4.79 Å². The Balaban J connectivity index is 1.37. The lowest BCUT2D eigenvalue weighted by Gasteiger charge is -2.18. The Hall–Kier alpha value is -2.76. The number of benzene rings is 1. The predicted molar refractivity (Wildman–Crippen MR) is 99.9 cm³/mol. The fraction of sp³-hybridized carbons (Fsp3) is 0.400. The molecule has 1 aromatic carbocycles. The zero-order valence-corrected chi connectivity index (χ0v) is 15.3. The van der Waals surface area contributed by atoms with Crippen LogP contribution in [0.3, 0.4) is 0 Å². The van der Waals surface area contributed by atoms with E-state index in [0.717, 1.165) is 59.3 Å². The van der Waals surface area contributed by atoms with Crippen LogP contribution in [0.25, 0.3) is 10.9 Å². The van der Waals surface area contributed by atoms with Crippen molar-refractivity contribution in [2.75, 3.05) is 7.05 Å². The van der Waals surface area contributed by atoms with Gasteiger partial charge in [-0.2, -0.15) is 0 Å². The van der Waals surface area contributed by atoms with Gasteiger partial charge in [0.1, 0.15) is 11.5 Å². The molecule has 2 amide bonds. The summed E-state index contributed by atoms with van der Waals surface area (Å²) in [5, 5.41) is 8.32. The first-order chi connectivity index (χ1) is 12.6. The summed E-state index contributed by atoms with van der Waals surface area (Å²) in [5.74, 6) is 0.996. The zero-order chi connectivity index (χ0) is 18.1. The topological polar surface area (TPSA) is 74.2 Å². The van der Waals surface area contributed by atoms with E-state index in [0.29, 0.717) is 13.1 Å². The average Bonchev–Trinajstić information content (AvgIpc) is 3.21. The standard InChI is InChI=1S/C20H24N4O2/c1-13-9-15-10-14(7-8-17(15)22-13)11-21-20(25)24(2)12-18-16-5-3-4-6-19(16)26-23-18/h7-10,22H,3-6,11-12H2,1-2H3,(H,21,25). The highest BCUT2D eigenvalue weighted by atomic mass is 16.5. The highest BCUT2D eigenvalue weighted by Gasteiger charge is 2.21. The maximum Gasteiger partial charge on any atom is 0.317 e. The van der Waals surface area contributed by atoms with Gasteiger partial charge in [-0.15, -0.1) is 0 Å². The summed E-state index contributed by atoms with van der Waals surface area (Å²) >= 11 is 0. The van der Waals surface area contributed by atoms with E-state index in [4.69, 9.17) is 4.52 Å². The molecule has 0 aliphatic heterocycles. The number of rotatable bonds is 4. The van der Waals surface area contributed by atoms with Crippen LogP contribution in [0, 0.1) is 6.92 Å². The summed E-state index contributed by atoms with van der Waals surface area (Å²) in [7, 11) is 1.79. The SMILES string of the molecule is Cc1cc2cc(CNC(=O)N(C)Cc3noc4c3CCCC4)ccc2[nH]1. The number of aromatic amines is 1. The largest absolute Gasteiger partial charge is 0.361 e. The molecule has 0 saturated carbocycles. The van der Waals surface area contributed by atoms with Gasteiger partial charge < -0.3 is 19.7 Å². The van der Waals surface area contributed by atoms with Gasteiger partial charge >= 0.3 is 6.03 Å². The van der Waals surface area contributed by atoms with Crippen LogP contribution < -0.4 is 5.32 Å². The van der Waals surface area contributed by atoms with Gasteiger partial charge in [0.25, 0.3) is 0 Å². The molecule has 26 heavy (non-hydrogen) atoms. The molecule has 4 rings (SSSR count). The molecule has 0 saturated heterocycles. The molecule has 0 spiro atoms. The van der Waals surface area contributed by atoms with Crippen molar-refractivity contribution in [2.24, 2.45) is 0 Å². The number of carbonyl (C=O) groups is 1. The van der Waals surface area contributed by atoms with E-state index >= 15 is 0 Å². The molecule has 2 aromatic heterocycles. The Morgan fingerprint density at radius 2 is 2.15 bits per heavy atom. The van der Waals surface area contributed by atoms with Crippen molar-refractivity contribution in [1.29, 1.82) is 0 Å². The van der Waals surface area contributed by atoms with Crippen LogP contribution in [0.15, 0.2) is 28.8 Å². The Kier molecular flexibility index (Phi) is 4.41. The molecular weight excluding hydrogens is 328 g/mol. The number of fused-ring (bicyclic) bond motifs is 2. The first-order valence-electron chi connectivity index (χ1n) is 9.13. The van der Waals surface area contributed by atoms with Gasteiger partial charge in [0.15, 0.2) is 0 Å². The lowest BCUT2D eigenvalue weighted by molar-refractivity contribution is 0.205. The first kappa shape index (κ1) is 16.7. The molecule has 2 heterocycles. The summed E-state index contributed by atoms with van der Waals surface area (Å²) in [6.07, 6.45) is 4.28. The third kappa shape index (κ3) is 3.31. The van der Waals surface area contributed by atoms with Crippen molar-refractivity contribution >= 4 is 16.9 Å². The highest BCUT2D eigenvalue weighted by molar-refractivity contribution is 5.81. The lowest BCUT2D eigenvalue weighted by atomic mass is 9.96. The molecule has 0 atom stereocenters. The molecule has 136 valence electrons. The molecule has 0 radical (unpaired) electrons. The van der Waals surface area contributed by atoms with Gasteiger partial charge in [0.2, 0.25) is 0 Å². The highest BCUT2D eigenvalue weighted by Crippen LogP contribution is 2.24. The Morgan fingerprint density at radius 1 is 1.31 bits per heavy atom. The van der Waals surface area contributed by atoms with Gasteiger partial charge in [0.05, 0.1) is 6.54 Å². The smallest absolute Gasteiger partial charge is 0.317 e. The number of carbonyl (C=O) groups excluding carboxylic acids is 1. The van der Waals surface area contributed by atoms with Crippen LogP contribution in [-0.4, -0.2) is 28.1 Å². The van der Waals surface area contributed by atoms with Crippen molar-refractivity contribution < 1.29 is 9.32 Å². The quantitative estimate of drug-likeness (QED) is 0.752. The van der Waals surface area contributed by atoms with Gasteiger partial charge in [-0.3, -0.25) is 0 Å². The van der Waals surface area contributed by atoms with Crippen molar-refractivity contribution in [2.45, 2.75) is 45.7 Å². The normalized spacial score (nSPS) is 13.6. The van der Waals surface area contributed by atoms with Crippen LogP contribution in [-0.2, 0) is 25.9 Å². The van der Waals surface area contributed by atoms with E-state index in [1.54, 1.807) is 11.9 Å². The third-order valence-electron chi connectivity index (χ3n) is 5.03. The fourth-order valence-corrected chi connectivity index (χ4v) is 3.62. The number of amides is 2. The van der Waals surface area contributed by atoms with Crippen LogP contribution >= 0.6 is 0 Å². The molecule has 6 nitrogen and oxygen atoms in total. The summed E-state index contributed by atoms with van der Waals surface area (Å²) < 4.78 is 5.43. The lowest BCUT2D eigenvalue weighted by Crippen LogP contribution is -2.36. The van der Waals surface area contributed by atoms with Crippen LogP contribution in [0.5, 0.6) is 0 Å². The van der Waals surface area contributed by atoms with Crippen molar-refractivity contribution in [3.8, 4) is 0 Å². The summed E-state index contributed by atoms with van der Waals surface area (Å²) in [6, 6.07) is 8.19. The minimum absolute atomic E-state index is 0.108. The van der Waals surface area contributed by atoms with E-state index in [2.05, 4.69) is 33.7 Å². The number of hydrogen-bond acceptors (Lipinski definition) is 3. The molecule has 0 fully saturated rings. The molecule has 2 N–H and O–H groups in total. The average molecular weight is 352 g/mol. The van der Waals surface area contributed by atoms with Gasteiger partial charge in [-0.25, -0.2) is 4.79 Å². The molecule has 0 bridgehead atoms. The summed E-state index contributed by atoms with van der Waals surface area (Å²) in [6.45, 7) is 3.01. The van der Waals surface area contributed by atoms with E-state index in [-0.39, 0.29) is 6.03 Å². The van der Waals surface area contributed by atoms with Crippen LogP contribution in [0.1, 0.15) is 41.1 Å². The minimum Gasteiger partial charge on any atom is -0.361 e. The predicted octanol–water partition coefficient (Wildman–Crippen LogP) is 3.68. The third-order valence-corrected chi connectivity index (χ3v) is 5.03. The van der Waals surface area contributed by atoms with Gasteiger partial charge in [-0.05, 0) is 55.3 Å². The maximum absolute atomic E-state index is 12.4. The summed E-state index contributed by atoms with van der Waals surface area (Å²) in [4.78, 5) is 17.4. The monoisotopic (exact) mass is 352 g/mol. The molecule has 0 unspecified atom stereocenters. The molecule has 6 heteroatoms. The number of H-pyrrole nitrogens is 1. The van der Waals surface area contributed by atoms with Gasteiger partial charge in [0, 0.05) is 36.8 Å². The number of nitrogens with one attached hydrogen (secondary N) is 2. The summed E-state index contributed by atoms with van der Waals surface area (Å²) in [5.41, 5.74) is 5.42. The van der Waals surface area contributed by atoms with Crippen molar-refractivity contribution in [3.63, 3.8) is 0 Å². The number of hydrogen-bond donors (Lipinski definition) is 2. The molecule has 1 aliphatic carbocycles. The number of urea groups is 1. The first-order valence-corrected chi connectivity index (χ1v) is 9.13. The second-order valence-corrected chi connectivity index (χ2v) is 7.13. The Bertz CT molecular complexity index is 941. The second kappa shape index (κ2) is 6.86. The number of aromatic nitrogens is 2. The zero-order valence-electron chi connectivity index (χ0n) is 15.3. The fourth-order valence-electron chi connectivity index (χ4n) is 3.62. The van der Waals surface area contributed by atoms with E-state index in [1.807, 2.05) is 13.0 Å². The Morgan fingerprint density at radius 3 is 3.04 bits per heavy atom. The van der Waals surface area contributed by atoms with Crippen molar-refractivity contribution in [1.82, 2.24) is 20.4 Å². The maximum atomic E-state index is 12.4. The van der Waals surface area contributed by atoms with Crippen LogP contribution in [0.2, 0.25) is 0 Å². The number of nitrogens with zero attached hydrogens (tertiary/aromatic N) is 2. The van der Waals surface area contributed by atoms with E-state index in [1.165, 1.54) is 5.56 Å². The Labute approximate surface area is 152 Å². The van der Waals surface area contributed by atoms with E-state index < -0.39 is 0 Å². The molecule has 3 aromatic rings. The van der Waals surface area contributed by atoms with Gasteiger partial charge in [-0.1, -0.05) is 11.2 Å².